The Morgan fingerprint density at radius 3 is 2.41 bits per heavy atom. The quantitative estimate of drug-likeness (QED) is 0.311. The van der Waals surface area contributed by atoms with E-state index >= 15 is 0 Å². The van der Waals surface area contributed by atoms with Crippen LogP contribution < -0.4 is 20.8 Å². The van der Waals surface area contributed by atoms with Gasteiger partial charge in [-0.2, -0.15) is 5.12 Å². The molecule has 206 valence electrons. The molecule has 0 unspecified atom stereocenters. The molecule has 5 rings (SSSR count). The van der Waals surface area contributed by atoms with Gasteiger partial charge in [-0.15, -0.1) is 18.3 Å². The highest BCUT2D eigenvalue weighted by Crippen LogP contribution is 2.36. The van der Waals surface area contributed by atoms with E-state index in [0.717, 1.165) is 55.1 Å². The van der Waals surface area contributed by atoms with Crippen LogP contribution in [-0.4, -0.2) is 47.3 Å². The van der Waals surface area contributed by atoms with E-state index in [1.54, 1.807) is 12.1 Å². The average molecular weight is 541 g/mol. The first kappa shape index (κ1) is 26.8. The predicted molar refractivity (Wildman–Crippen MR) is 145 cm³/mol. The Balaban J connectivity index is 1.23. The van der Waals surface area contributed by atoms with Gasteiger partial charge in [0.1, 0.15) is 5.75 Å². The number of hydrogen-bond donors (Lipinski definition) is 3. The van der Waals surface area contributed by atoms with Crippen molar-refractivity contribution in [3.63, 3.8) is 0 Å². The molecule has 3 N–H and O–H groups in total. The molecule has 3 aromatic carbocycles. The van der Waals surface area contributed by atoms with Crippen molar-refractivity contribution in [2.24, 2.45) is 0 Å². The number of nitrogens with zero attached hydrogens (tertiary/aromatic N) is 3. The van der Waals surface area contributed by atoms with Crippen LogP contribution in [0, 0.1) is 0 Å². The Bertz CT molecular complexity index is 1300. The van der Waals surface area contributed by atoms with Gasteiger partial charge in [-0.3, -0.25) is 0 Å². The molecule has 0 atom stereocenters. The van der Waals surface area contributed by atoms with Crippen LogP contribution in [0.4, 0.5) is 35.0 Å². The molecule has 0 aromatic heterocycles. The van der Waals surface area contributed by atoms with Crippen LogP contribution in [0.15, 0.2) is 66.7 Å². The Kier molecular flexibility index (Phi) is 7.92. The predicted octanol–water partition coefficient (Wildman–Crippen LogP) is 6.68. The molecule has 11 heteroatoms. The van der Waals surface area contributed by atoms with Crippen LogP contribution in [0.2, 0.25) is 0 Å². The number of alkyl halides is 3. The summed E-state index contributed by atoms with van der Waals surface area (Å²) in [7, 11) is 0. The summed E-state index contributed by atoms with van der Waals surface area (Å²) in [4.78, 5) is 12.4. The second-order valence-corrected chi connectivity index (χ2v) is 9.44. The normalized spacial score (nSPS) is 16.0. The number of fused-ring (bicyclic) bond motifs is 1. The van der Waals surface area contributed by atoms with E-state index in [2.05, 4.69) is 55.1 Å². The standard InChI is InChI=1S/C28H31F3N6O2/c1-2-37(35-16-4-3-5-17-35)36-19-25-24(10-7-11-26(25)34-36)20-12-14-21(15-13-20)32-27(38)33-22-8-6-9-23(18-22)39-28(29,30)31/h6-15,18,34H,2-5,16-17,19H2,1H3,(H2,32,33,38). The number of carbonyl (C=O) groups is 1. The molecule has 0 aliphatic carbocycles. The van der Waals surface area contributed by atoms with Crippen LogP contribution in [0.5, 0.6) is 5.75 Å². The van der Waals surface area contributed by atoms with Gasteiger partial charge >= 0.3 is 12.4 Å². The zero-order valence-electron chi connectivity index (χ0n) is 21.6. The number of piperidine rings is 1. The first-order chi connectivity index (χ1) is 18.8. The van der Waals surface area contributed by atoms with Gasteiger partial charge in [0.25, 0.3) is 0 Å². The second kappa shape index (κ2) is 11.5. The summed E-state index contributed by atoms with van der Waals surface area (Å²) in [6, 6.07) is 18.2. The van der Waals surface area contributed by atoms with Crippen molar-refractivity contribution in [3.8, 4) is 16.9 Å². The fraction of sp³-hybridized carbons (Fsp3) is 0.321. The number of anilines is 3. The molecule has 2 amide bonds. The third-order valence-corrected chi connectivity index (χ3v) is 6.73. The lowest BCUT2D eigenvalue weighted by Crippen LogP contribution is -2.54. The van der Waals surface area contributed by atoms with Gasteiger partial charge in [-0.05, 0) is 61.2 Å². The van der Waals surface area contributed by atoms with E-state index in [-0.39, 0.29) is 5.69 Å². The highest BCUT2D eigenvalue weighted by molar-refractivity contribution is 6.00. The molecule has 8 nitrogen and oxygen atoms in total. The molecule has 3 aromatic rings. The van der Waals surface area contributed by atoms with Crippen molar-refractivity contribution in [2.45, 2.75) is 39.1 Å². The van der Waals surface area contributed by atoms with Gasteiger partial charge in [0, 0.05) is 42.6 Å². The Hall–Kier alpha value is -3.80. The third-order valence-electron chi connectivity index (χ3n) is 6.73. The molecule has 2 aliphatic rings. The summed E-state index contributed by atoms with van der Waals surface area (Å²) in [5, 5.41) is 12.1. The number of halogens is 3. The fourth-order valence-corrected chi connectivity index (χ4v) is 5.03. The molecular weight excluding hydrogens is 509 g/mol. The number of benzene rings is 3. The third kappa shape index (κ3) is 6.62. The van der Waals surface area contributed by atoms with Gasteiger partial charge in [0.2, 0.25) is 0 Å². The van der Waals surface area contributed by atoms with E-state index in [1.165, 1.54) is 37.0 Å². The lowest BCUT2D eigenvalue weighted by atomic mass is 9.98. The lowest BCUT2D eigenvalue weighted by Gasteiger charge is -2.41. The highest BCUT2D eigenvalue weighted by Gasteiger charge is 2.31. The molecule has 2 aliphatic heterocycles. The number of amides is 2. The SMILES string of the molecule is CCN(N1CCCCC1)N1Cc2c(cccc2-c2ccc(NC(=O)Nc3cccc(OC(F)(F)F)c3)cc2)N1. The first-order valence-corrected chi connectivity index (χ1v) is 13.0. The zero-order valence-corrected chi connectivity index (χ0v) is 21.6. The van der Waals surface area contributed by atoms with Gasteiger partial charge in [0.05, 0.1) is 12.2 Å². The van der Waals surface area contributed by atoms with Gasteiger partial charge in [-0.25, -0.2) is 9.80 Å². The molecule has 1 saturated heterocycles. The molecule has 39 heavy (non-hydrogen) atoms. The number of nitrogens with one attached hydrogen (secondary N) is 3. The van der Waals surface area contributed by atoms with E-state index in [9.17, 15) is 18.0 Å². The monoisotopic (exact) mass is 540 g/mol. The molecule has 2 heterocycles. The van der Waals surface area contributed by atoms with Crippen LogP contribution in [0.3, 0.4) is 0 Å². The summed E-state index contributed by atoms with van der Waals surface area (Å²) >= 11 is 0. The largest absolute Gasteiger partial charge is 0.573 e. The minimum Gasteiger partial charge on any atom is -0.406 e. The maximum atomic E-state index is 12.5. The zero-order chi connectivity index (χ0) is 27.4. The molecular formula is C28H31F3N6O2. The number of rotatable bonds is 7. The minimum atomic E-state index is -4.81. The van der Waals surface area contributed by atoms with Crippen molar-refractivity contribution in [1.29, 1.82) is 0 Å². The van der Waals surface area contributed by atoms with Gasteiger partial charge < -0.3 is 20.8 Å². The lowest BCUT2D eigenvalue weighted by molar-refractivity contribution is -0.274. The second-order valence-electron chi connectivity index (χ2n) is 9.44. The van der Waals surface area contributed by atoms with E-state index < -0.39 is 18.1 Å². The van der Waals surface area contributed by atoms with Crippen molar-refractivity contribution in [1.82, 2.24) is 15.2 Å². The van der Waals surface area contributed by atoms with Crippen LogP contribution in [0.1, 0.15) is 31.7 Å². The van der Waals surface area contributed by atoms with Crippen molar-refractivity contribution in [3.05, 3.63) is 72.3 Å². The molecule has 0 radical (unpaired) electrons. The smallest absolute Gasteiger partial charge is 0.406 e. The fourth-order valence-electron chi connectivity index (χ4n) is 5.03. The van der Waals surface area contributed by atoms with Crippen molar-refractivity contribution in [2.75, 3.05) is 35.7 Å². The van der Waals surface area contributed by atoms with Gasteiger partial charge in [-0.1, -0.05) is 36.8 Å². The van der Waals surface area contributed by atoms with Crippen molar-refractivity contribution < 1.29 is 22.7 Å². The number of ether oxygens (including phenoxy) is 1. The molecule has 0 saturated carbocycles. The number of hydrazine groups is 3. The first-order valence-electron chi connectivity index (χ1n) is 13.0. The summed E-state index contributed by atoms with van der Waals surface area (Å²) < 4.78 is 41.3. The summed E-state index contributed by atoms with van der Waals surface area (Å²) in [5.74, 6) is -0.411. The van der Waals surface area contributed by atoms with Crippen LogP contribution in [0.25, 0.3) is 11.1 Å². The molecule has 0 spiro atoms. The molecule has 1 fully saturated rings. The number of urea groups is 1. The van der Waals surface area contributed by atoms with E-state index in [1.807, 2.05) is 18.2 Å². The summed E-state index contributed by atoms with van der Waals surface area (Å²) in [6.07, 6.45) is -1.11. The highest BCUT2D eigenvalue weighted by atomic mass is 19.4. The maximum absolute atomic E-state index is 12.5. The topological polar surface area (TPSA) is 72.1 Å². The Morgan fingerprint density at radius 2 is 1.69 bits per heavy atom. The van der Waals surface area contributed by atoms with Crippen molar-refractivity contribution >= 4 is 23.1 Å². The van der Waals surface area contributed by atoms with E-state index in [0.29, 0.717) is 5.69 Å². The van der Waals surface area contributed by atoms with Gasteiger partial charge in [0.15, 0.2) is 0 Å². The summed E-state index contributed by atoms with van der Waals surface area (Å²) in [6.45, 7) is 5.89. The molecule has 0 bridgehead atoms. The summed E-state index contributed by atoms with van der Waals surface area (Å²) in [5.41, 5.74) is 8.67. The minimum absolute atomic E-state index is 0.174. The van der Waals surface area contributed by atoms with Crippen LogP contribution >= 0.6 is 0 Å². The number of carbonyl (C=O) groups excluding carboxylic acids is 1. The number of hydrogen-bond acceptors (Lipinski definition) is 6. The van der Waals surface area contributed by atoms with E-state index in [4.69, 9.17) is 0 Å². The maximum Gasteiger partial charge on any atom is 0.573 e. The average Bonchev–Trinajstić information content (AvgIpc) is 3.33. The van der Waals surface area contributed by atoms with Crippen LogP contribution in [-0.2, 0) is 6.54 Å². The Labute approximate surface area is 225 Å². The Morgan fingerprint density at radius 1 is 0.974 bits per heavy atom.